The van der Waals surface area contributed by atoms with Gasteiger partial charge in [0.05, 0.1) is 0 Å². The highest BCUT2D eigenvalue weighted by atomic mass is 35.5. The van der Waals surface area contributed by atoms with E-state index in [-0.39, 0.29) is 11.8 Å². The maximum Gasteiger partial charge on any atom is 0.255 e. The summed E-state index contributed by atoms with van der Waals surface area (Å²) >= 11 is 6.16. The molecule has 2 amide bonds. The molecule has 6 heteroatoms. The Hall–Kier alpha value is -3.44. The Bertz CT molecular complexity index is 1030. The number of pyridine rings is 1. The summed E-state index contributed by atoms with van der Waals surface area (Å²) in [4.78, 5) is 28.2. The highest BCUT2D eigenvalue weighted by molar-refractivity contribution is 6.32. The minimum atomic E-state index is -0.200. The van der Waals surface area contributed by atoms with Crippen LogP contribution < -0.4 is 10.6 Å². The largest absolute Gasteiger partial charge is 0.348 e. The van der Waals surface area contributed by atoms with Gasteiger partial charge in [0.25, 0.3) is 5.91 Å². The van der Waals surface area contributed by atoms with Crippen molar-refractivity contribution in [3.05, 3.63) is 101 Å². The fourth-order valence-corrected chi connectivity index (χ4v) is 2.99. The molecule has 0 aliphatic heterocycles. The molecule has 146 valence electrons. The summed E-state index contributed by atoms with van der Waals surface area (Å²) in [5.74, 6) is -0.397. The van der Waals surface area contributed by atoms with Crippen molar-refractivity contribution in [2.45, 2.75) is 13.5 Å². The first-order valence-electron chi connectivity index (χ1n) is 9.04. The van der Waals surface area contributed by atoms with Crippen LogP contribution in [0.4, 0.5) is 5.69 Å². The van der Waals surface area contributed by atoms with E-state index in [9.17, 15) is 9.59 Å². The van der Waals surface area contributed by atoms with Crippen molar-refractivity contribution in [3.8, 4) is 0 Å². The van der Waals surface area contributed by atoms with Crippen LogP contribution in [0.15, 0.2) is 79.1 Å². The highest BCUT2D eigenvalue weighted by Gasteiger charge is 2.06. The number of allylic oxidation sites excluding steroid dienone is 1. The molecular formula is C23H20ClN3O2. The van der Waals surface area contributed by atoms with E-state index in [1.807, 2.05) is 37.3 Å². The minimum absolute atomic E-state index is 0.197. The number of nitrogens with zero attached hydrogens (tertiary/aromatic N) is 1. The van der Waals surface area contributed by atoms with E-state index in [1.54, 1.807) is 42.7 Å². The third-order valence-corrected chi connectivity index (χ3v) is 4.60. The molecule has 5 nitrogen and oxygen atoms in total. The molecule has 2 aromatic carbocycles. The molecule has 0 aliphatic carbocycles. The van der Waals surface area contributed by atoms with Gasteiger partial charge < -0.3 is 10.6 Å². The zero-order chi connectivity index (χ0) is 20.6. The van der Waals surface area contributed by atoms with Crippen molar-refractivity contribution >= 4 is 34.7 Å². The van der Waals surface area contributed by atoms with E-state index in [0.29, 0.717) is 22.8 Å². The monoisotopic (exact) mass is 405 g/mol. The second kappa shape index (κ2) is 9.66. The third-order valence-electron chi connectivity index (χ3n) is 4.27. The normalized spacial score (nSPS) is 11.0. The topological polar surface area (TPSA) is 71.1 Å². The summed E-state index contributed by atoms with van der Waals surface area (Å²) < 4.78 is 0. The number of hydrogen-bond donors (Lipinski definition) is 2. The molecule has 1 heterocycles. The van der Waals surface area contributed by atoms with E-state index in [4.69, 9.17) is 11.6 Å². The standard InChI is InChI=1S/C23H20ClN3O2/c1-16(20-4-2-3-5-21(20)24)14-22(28)26-15-17-6-8-19(9-7-17)27-23(29)18-10-12-25-13-11-18/h2-14H,15H2,1H3,(H,26,28)(H,27,29)/b16-14-. The first-order valence-corrected chi connectivity index (χ1v) is 9.42. The Morgan fingerprint density at radius 3 is 2.38 bits per heavy atom. The summed E-state index contributed by atoms with van der Waals surface area (Å²) in [6.45, 7) is 2.23. The first kappa shape index (κ1) is 20.3. The molecular weight excluding hydrogens is 386 g/mol. The van der Waals surface area contributed by atoms with Gasteiger partial charge in [-0.3, -0.25) is 14.6 Å². The molecule has 0 fully saturated rings. The lowest BCUT2D eigenvalue weighted by Crippen LogP contribution is -2.20. The predicted octanol–water partition coefficient (Wildman–Crippen LogP) is 4.71. The molecule has 0 unspecified atom stereocenters. The van der Waals surface area contributed by atoms with Crippen LogP contribution in [0, 0.1) is 0 Å². The quantitative estimate of drug-likeness (QED) is 0.583. The van der Waals surface area contributed by atoms with Crippen molar-refractivity contribution in [1.82, 2.24) is 10.3 Å². The number of aromatic nitrogens is 1. The van der Waals surface area contributed by atoms with Gasteiger partial charge >= 0.3 is 0 Å². The van der Waals surface area contributed by atoms with E-state index >= 15 is 0 Å². The molecule has 3 rings (SSSR count). The molecule has 29 heavy (non-hydrogen) atoms. The van der Waals surface area contributed by atoms with Gasteiger partial charge in [-0.25, -0.2) is 0 Å². The van der Waals surface area contributed by atoms with Crippen LogP contribution in [0.3, 0.4) is 0 Å². The number of hydrogen-bond acceptors (Lipinski definition) is 3. The minimum Gasteiger partial charge on any atom is -0.348 e. The van der Waals surface area contributed by atoms with E-state index in [1.165, 1.54) is 6.08 Å². The number of halogens is 1. The molecule has 0 bridgehead atoms. The van der Waals surface area contributed by atoms with Crippen LogP contribution in [0.25, 0.3) is 5.57 Å². The van der Waals surface area contributed by atoms with Gasteiger partial charge in [0.2, 0.25) is 5.91 Å². The van der Waals surface area contributed by atoms with Crippen LogP contribution in [0.2, 0.25) is 5.02 Å². The lowest BCUT2D eigenvalue weighted by molar-refractivity contribution is -0.116. The summed E-state index contributed by atoms with van der Waals surface area (Å²) in [7, 11) is 0. The number of nitrogens with one attached hydrogen (secondary N) is 2. The lowest BCUT2D eigenvalue weighted by atomic mass is 10.1. The predicted molar refractivity (Wildman–Crippen MR) is 116 cm³/mol. The molecule has 0 saturated heterocycles. The summed E-state index contributed by atoms with van der Waals surface area (Å²) in [6, 6.07) is 18.0. The maximum absolute atomic E-state index is 12.2. The highest BCUT2D eigenvalue weighted by Crippen LogP contribution is 2.22. The molecule has 1 aromatic heterocycles. The number of amides is 2. The van der Waals surface area contributed by atoms with Crippen LogP contribution in [0.5, 0.6) is 0 Å². The van der Waals surface area contributed by atoms with Crippen LogP contribution in [-0.4, -0.2) is 16.8 Å². The zero-order valence-corrected chi connectivity index (χ0v) is 16.6. The van der Waals surface area contributed by atoms with Gasteiger partial charge in [0.15, 0.2) is 0 Å². The Balaban J connectivity index is 1.55. The smallest absolute Gasteiger partial charge is 0.255 e. The Morgan fingerprint density at radius 2 is 1.69 bits per heavy atom. The molecule has 2 N–H and O–H groups in total. The van der Waals surface area contributed by atoms with Crippen LogP contribution in [-0.2, 0) is 11.3 Å². The fraction of sp³-hybridized carbons (Fsp3) is 0.0870. The number of benzene rings is 2. The van der Waals surface area contributed by atoms with Crippen molar-refractivity contribution in [3.63, 3.8) is 0 Å². The van der Waals surface area contributed by atoms with Crippen molar-refractivity contribution < 1.29 is 9.59 Å². The van der Waals surface area contributed by atoms with Crippen molar-refractivity contribution in [2.24, 2.45) is 0 Å². The van der Waals surface area contributed by atoms with E-state index in [2.05, 4.69) is 15.6 Å². The van der Waals surface area contributed by atoms with Crippen molar-refractivity contribution in [1.29, 1.82) is 0 Å². The van der Waals surface area contributed by atoms with Gasteiger partial charge in [-0.2, -0.15) is 0 Å². The second-order valence-electron chi connectivity index (χ2n) is 6.41. The summed E-state index contributed by atoms with van der Waals surface area (Å²) in [5.41, 5.74) is 3.76. The van der Waals surface area contributed by atoms with E-state index < -0.39 is 0 Å². The number of carbonyl (C=O) groups is 2. The average molecular weight is 406 g/mol. The number of anilines is 1. The van der Waals surface area contributed by atoms with Gasteiger partial charge in [0.1, 0.15) is 0 Å². The molecule has 0 atom stereocenters. The SMILES string of the molecule is C/C(=C/C(=O)NCc1ccc(NC(=O)c2ccncc2)cc1)c1ccccc1Cl. The average Bonchev–Trinajstić information content (AvgIpc) is 2.74. The van der Waals surface area contributed by atoms with Gasteiger partial charge in [-0.1, -0.05) is 41.9 Å². The third kappa shape index (κ3) is 5.77. The Morgan fingerprint density at radius 1 is 1.00 bits per heavy atom. The zero-order valence-electron chi connectivity index (χ0n) is 15.9. The molecule has 0 saturated carbocycles. The van der Waals surface area contributed by atoms with Gasteiger partial charge in [-0.15, -0.1) is 0 Å². The molecule has 3 aromatic rings. The number of carbonyl (C=O) groups excluding carboxylic acids is 2. The van der Waals surface area contributed by atoms with Gasteiger partial charge in [-0.05, 0) is 54.0 Å². The summed E-state index contributed by atoms with van der Waals surface area (Å²) in [6.07, 6.45) is 4.68. The molecule has 0 aliphatic rings. The van der Waals surface area contributed by atoms with Crippen molar-refractivity contribution in [2.75, 3.05) is 5.32 Å². The maximum atomic E-state index is 12.2. The fourth-order valence-electron chi connectivity index (χ4n) is 2.71. The van der Waals surface area contributed by atoms with Crippen LogP contribution in [0.1, 0.15) is 28.4 Å². The molecule has 0 radical (unpaired) electrons. The van der Waals surface area contributed by atoms with E-state index in [0.717, 1.165) is 16.7 Å². The van der Waals surface area contributed by atoms with Gasteiger partial charge in [0, 0.05) is 41.3 Å². The first-order chi connectivity index (χ1) is 14.0. The second-order valence-corrected chi connectivity index (χ2v) is 6.82. The Kier molecular flexibility index (Phi) is 6.76. The number of rotatable bonds is 6. The Labute approximate surface area is 174 Å². The molecule has 0 spiro atoms. The summed E-state index contributed by atoms with van der Waals surface area (Å²) in [5, 5.41) is 6.29. The van der Waals surface area contributed by atoms with Crippen LogP contribution >= 0.6 is 11.6 Å². The lowest BCUT2D eigenvalue weighted by Gasteiger charge is -2.08.